The van der Waals surface area contributed by atoms with Crippen molar-refractivity contribution in [3.8, 4) is 5.75 Å². The Hall–Kier alpha value is -2.67. The summed E-state index contributed by atoms with van der Waals surface area (Å²) in [6.45, 7) is 4.00. The first-order chi connectivity index (χ1) is 14.9. The number of methoxy groups -OCH3 is 1. The van der Waals surface area contributed by atoms with E-state index in [1.165, 1.54) is 18.9 Å². The topological polar surface area (TPSA) is 81.7 Å². The second-order valence-corrected chi connectivity index (χ2v) is 8.76. The molecule has 1 N–H and O–H groups in total. The molecule has 2 rings (SSSR count). The van der Waals surface area contributed by atoms with Crippen LogP contribution in [0.4, 0.5) is 0 Å². The van der Waals surface area contributed by atoms with E-state index in [2.05, 4.69) is 5.32 Å². The smallest absolute Gasteiger partial charge is 0.328 e. The van der Waals surface area contributed by atoms with Crippen LogP contribution in [0.1, 0.15) is 59.1 Å². The number of ether oxygens (including phenoxy) is 2. The molecule has 168 valence electrons. The molecule has 1 heterocycles. The molecule has 1 unspecified atom stereocenters. The molecule has 7 heteroatoms. The van der Waals surface area contributed by atoms with Crippen LogP contribution in [0.15, 0.2) is 36.4 Å². The first-order valence-corrected chi connectivity index (χ1v) is 11.4. The summed E-state index contributed by atoms with van der Waals surface area (Å²) in [7, 11) is 1.30. The fraction of sp³-hybridized carbons (Fsp3) is 0.458. The minimum Gasteiger partial charge on any atom is -0.494 e. The van der Waals surface area contributed by atoms with Gasteiger partial charge in [-0.3, -0.25) is 9.59 Å². The zero-order valence-corrected chi connectivity index (χ0v) is 19.3. The van der Waals surface area contributed by atoms with Gasteiger partial charge in [0.05, 0.1) is 18.6 Å². The fourth-order valence-electron chi connectivity index (χ4n) is 3.18. The second kappa shape index (κ2) is 12.9. The van der Waals surface area contributed by atoms with Crippen molar-refractivity contribution < 1.29 is 23.9 Å². The molecule has 1 aromatic carbocycles. The fourth-order valence-corrected chi connectivity index (χ4v) is 4.01. The first kappa shape index (κ1) is 24.6. The molecule has 0 bridgehead atoms. The number of unbranched alkanes of at least 4 members (excludes halogenated alkanes) is 3. The van der Waals surface area contributed by atoms with Crippen molar-refractivity contribution in [1.82, 2.24) is 5.32 Å². The maximum atomic E-state index is 12.1. The van der Waals surface area contributed by atoms with Gasteiger partial charge in [-0.15, -0.1) is 11.3 Å². The van der Waals surface area contributed by atoms with Crippen molar-refractivity contribution in [3.63, 3.8) is 0 Å². The zero-order valence-electron chi connectivity index (χ0n) is 18.4. The van der Waals surface area contributed by atoms with Gasteiger partial charge in [-0.1, -0.05) is 25.0 Å². The third kappa shape index (κ3) is 8.92. The Kier molecular flexibility index (Phi) is 10.2. The third-order valence-corrected chi connectivity index (χ3v) is 5.85. The van der Waals surface area contributed by atoms with E-state index in [1.54, 1.807) is 11.3 Å². The molecule has 0 fully saturated rings. The molecular formula is C24H31NO5S. The van der Waals surface area contributed by atoms with Gasteiger partial charge < -0.3 is 14.8 Å². The lowest BCUT2D eigenvalue weighted by Crippen LogP contribution is -2.41. The number of aryl methyl sites for hydroxylation is 1. The highest BCUT2D eigenvalue weighted by Gasteiger charge is 2.20. The number of hydrogen-bond acceptors (Lipinski definition) is 6. The summed E-state index contributed by atoms with van der Waals surface area (Å²) >= 11 is 1.56. The summed E-state index contributed by atoms with van der Waals surface area (Å²) < 4.78 is 10.5. The summed E-state index contributed by atoms with van der Waals surface area (Å²) in [6, 6.07) is 10.7. The number of carbonyl (C=O) groups excluding carboxylic acids is 3. The molecule has 6 nitrogen and oxygen atoms in total. The summed E-state index contributed by atoms with van der Waals surface area (Å²) in [6.07, 6.45) is 4.83. The molecule has 0 radical (unpaired) electrons. The van der Waals surface area contributed by atoms with Gasteiger partial charge in [0.15, 0.2) is 5.78 Å². The molecule has 1 atom stereocenters. The van der Waals surface area contributed by atoms with Crippen LogP contribution in [0.2, 0.25) is 0 Å². The molecule has 0 aliphatic carbocycles. The number of amides is 1. The van der Waals surface area contributed by atoms with Gasteiger partial charge in [0, 0.05) is 24.6 Å². The lowest BCUT2D eigenvalue weighted by atomic mass is 10.1. The van der Waals surface area contributed by atoms with Crippen molar-refractivity contribution in [2.75, 3.05) is 13.7 Å². The first-order valence-electron chi connectivity index (χ1n) is 10.6. The van der Waals surface area contributed by atoms with Crippen molar-refractivity contribution in [3.05, 3.63) is 51.7 Å². The predicted octanol–water partition coefficient (Wildman–Crippen LogP) is 4.49. The van der Waals surface area contributed by atoms with E-state index in [0.717, 1.165) is 41.9 Å². The Morgan fingerprint density at radius 3 is 2.32 bits per heavy atom. The number of ketones is 1. The Bertz CT molecular complexity index is 859. The molecule has 0 aliphatic heterocycles. The summed E-state index contributed by atoms with van der Waals surface area (Å²) in [5.41, 5.74) is 0.905. The van der Waals surface area contributed by atoms with E-state index >= 15 is 0 Å². The van der Waals surface area contributed by atoms with Gasteiger partial charge in [-0.05, 0) is 49.6 Å². The normalized spacial score (nSPS) is 11.6. The second-order valence-electron chi connectivity index (χ2n) is 7.47. The van der Waals surface area contributed by atoms with Crippen molar-refractivity contribution >= 4 is 29.0 Å². The molecule has 1 amide bonds. The number of rotatable bonds is 13. The van der Waals surface area contributed by atoms with Crippen LogP contribution < -0.4 is 10.1 Å². The highest BCUT2D eigenvalue weighted by Crippen LogP contribution is 2.19. The van der Waals surface area contributed by atoms with E-state index in [-0.39, 0.29) is 11.7 Å². The molecule has 0 aliphatic rings. The van der Waals surface area contributed by atoms with Crippen molar-refractivity contribution in [1.29, 1.82) is 0 Å². The Balaban J connectivity index is 1.63. The average Bonchev–Trinajstić information content (AvgIpc) is 3.19. The predicted molar refractivity (Wildman–Crippen MR) is 122 cm³/mol. The highest BCUT2D eigenvalue weighted by molar-refractivity contribution is 7.14. The molecule has 31 heavy (non-hydrogen) atoms. The number of thiophene rings is 1. The Labute approximate surface area is 187 Å². The van der Waals surface area contributed by atoms with Crippen molar-refractivity contribution in [2.24, 2.45) is 0 Å². The number of nitrogens with one attached hydrogen (secondary N) is 1. The van der Waals surface area contributed by atoms with E-state index in [9.17, 15) is 14.4 Å². The van der Waals surface area contributed by atoms with Crippen LogP contribution in [-0.4, -0.2) is 37.4 Å². The van der Waals surface area contributed by atoms with Crippen molar-refractivity contribution in [2.45, 2.75) is 58.4 Å². The van der Waals surface area contributed by atoms with Gasteiger partial charge in [0.25, 0.3) is 0 Å². The minimum atomic E-state index is -0.704. The van der Waals surface area contributed by atoms with Crippen LogP contribution in [0, 0.1) is 6.92 Å². The molecule has 0 saturated carbocycles. The maximum Gasteiger partial charge on any atom is 0.328 e. The Morgan fingerprint density at radius 2 is 1.71 bits per heavy atom. The lowest BCUT2D eigenvalue weighted by molar-refractivity contribution is -0.144. The van der Waals surface area contributed by atoms with Crippen LogP contribution >= 0.6 is 11.3 Å². The maximum absolute atomic E-state index is 12.1. The van der Waals surface area contributed by atoms with Gasteiger partial charge >= 0.3 is 5.97 Å². The highest BCUT2D eigenvalue weighted by atomic mass is 32.1. The van der Waals surface area contributed by atoms with Gasteiger partial charge in [0.2, 0.25) is 5.91 Å². The number of Topliss-reactive ketones (excluding diaryl/α,β-unsaturated/α-hetero) is 1. The van der Waals surface area contributed by atoms with Crippen LogP contribution in [0.5, 0.6) is 5.75 Å². The quantitative estimate of drug-likeness (QED) is 0.279. The number of esters is 1. The minimum absolute atomic E-state index is 0.238. The van der Waals surface area contributed by atoms with Crippen LogP contribution in [0.3, 0.4) is 0 Å². The average molecular weight is 446 g/mol. The zero-order chi connectivity index (χ0) is 22.6. The van der Waals surface area contributed by atoms with Gasteiger partial charge in [-0.25, -0.2) is 4.79 Å². The SMILES string of the molecule is COC(=O)C(Cc1ccc(OCCCCCCC(=O)c2ccc(C)s2)cc1)NC(C)=O. The van der Waals surface area contributed by atoms with Crippen LogP contribution in [-0.2, 0) is 20.7 Å². The van der Waals surface area contributed by atoms with E-state index in [1.807, 2.05) is 43.3 Å². The van der Waals surface area contributed by atoms with Gasteiger partial charge in [0.1, 0.15) is 11.8 Å². The standard InChI is InChI=1S/C24H31NO5S/c1-17-9-14-23(31-17)22(27)8-6-4-5-7-15-30-20-12-10-19(11-13-20)16-21(24(28)29-3)25-18(2)26/h9-14,21H,4-8,15-16H2,1-3H3,(H,25,26). The summed E-state index contributed by atoms with van der Waals surface area (Å²) in [5, 5.41) is 2.60. The number of benzene rings is 1. The van der Waals surface area contributed by atoms with Crippen LogP contribution in [0.25, 0.3) is 0 Å². The van der Waals surface area contributed by atoms with E-state index in [0.29, 0.717) is 19.4 Å². The summed E-state index contributed by atoms with van der Waals surface area (Å²) in [5.74, 6) is 0.257. The largest absolute Gasteiger partial charge is 0.494 e. The molecule has 0 spiro atoms. The molecule has 1 aromatic heterocycles. The summed E-state index contributed by atoms with van der Waals surface area (Å²) in [4.78, 5) is 37.2. The Morgan fingerprint density at radius 1 is 1.00 bits per heavy atom. The van der Waals surface area contributed by atoms with Gasteiger partial charge in [-0.2, -0.15) is 0 Å². The monoisotopic (exact) mass is 445 g/mol. The number of carbonyl (C=O) groups is 3. The van der Waals surface area contributed by atoms with E-state index in [4.69, 9.17) is 9.47 Å². The molecular weight excluding hydrogens is 414 g/mol. The number of hydrogen-bond donors (Lipinski definition) is 1. The molecule has 0 saturated heterocycles. The third-order valence-electron chi connectivity index (χ3n) is 4.81. The van der Waals surface area contributed by atoms with E-state index < -0.39 is 12.0 Å². The molecule has 2 aromatic rings. The lowest BCUT2D eigenvalue weighted by Gasteiger charge is -2.15.